The standard InChI is InChI=1S/C10H8BrNO2/c11-6-1-2-7-8(10(14)5-13)4-12-9(7)3-6/h1-4,12-13H,5H2. The Balaban J connectivity index is 2.64. The molecule has 0 bridgehead atoms. The van der Waals surface area contributed by atoms with Crippen molar-refractivity contribution in [2.24, 2.45) is 0 Å². The van der Waals surface area contributed by atoms with Gasteiger partial charge in [0.25, 0.3) is 0 Å². The zero-order valence-electron chi connectivity index (χ0n) is 7.25. The first kappa shape index (κ1) is 9.43. The predicted molar refractivity (Wildman–Crippen MR) is 57.4 cm³/mol. The molecule has 2 rings (SSSR count). The van der Waals surface area contributed by atoms with Crippen LogP contribution in [0.5, 0.6) is 0 Å². The maximum Gasteiger partial charge on any atom is 0.190 e. The number of hydrogen-bond acceptors (Lipinski definition) is 2. The van der Waals surface area contributed by atoms with Crippen LogP contribution >= 0.6 is 15.9 Å². The van der Waals surface area contributed by atoms with Crippen molar-refractivity contribution in [3.8, 4) is 0 Å². The van der Waals surface area contributed by atoms with Gasteiger partial charge in [0.15, 0.2) is 5.78 Å². The highest BCUT2D eigenvalue weighted by Crippen LogP contribution is 2.22. The average molecular weight is 254 g/mol. The molecule has 0 aliphatic carbocycles. The number of Topliss-reactive ketones (excluding diaryl/α,β-unsaturated/α-hetero) is 1. The van der Waals surface area contributed by atoms with E-state index < -0.39 is 6.61 Å². The molecule has 0 aliphatic rings. The van der Waals surface area contributed by atoms with Crippen LogP contribution in [0.2, 0.25) is 0 Å². The van der Waals surface area contributed by atoms with Crippen molar-refractivity contribution in [2.45, 2.75) is 0 Å². The fourth-order valence-corrected chi connectivity index (χ4v) is 1.78. The van der Waals surface area contributed by atoms with Crippen LogP contribution in [0.4, 0.5) is 0 Å². The van der Waals surface area contributed by atoms with Gasteiger partial charge in [0.1, 0.15) is 6.61 Å². The van der Waals surface area contributed by atoms with E-state index in [4.69, 9.17) is 5.11 Å². The molecule has 2 aromatic rings. The van der Waals surface area contributed by atoms with Crippen LogP contribution in [-0.2, 0) is 0 Å². The number of halogens is 1. The second-order valence-corrected chi connectivity index (χ2v) is 3.89. The highest BCUT2D eigenvalue weighted by atomic mass is 79.9. The van der Waals surface area contributed by atoms with Crippen molar-refractivity contribution in [3.05, 3.63) is 34.4 Å². The van der Waals surface area contributed by atoms with Crippen LogP contribution in [0.1, 0.15) is 10.4 Å². The third kappa shape index (κ3) is 1.47. The zero-order chi connectivity index (χ0) is 10.1. The van der Waals surface area contributed by atoms with E-state index in [1.54, 1.807) is 6.20 Å². The predicted octanol–water partition coefficient (Wildman–Crippen LogP) is 2.11. The summed E-state index contributed by atoms with van der Waals surface area (Å²) in [7, 11) is 0. The zero-order valence-corrected chi connectivity index (χ0v) is 8.84. The molecule has 72 valence electrons. The number of carbonyl (C=O) groups is 1. The number of carbonyl (C=O) groups excluding carboxylic acids is 1. The second kappa shape index (κ2) is 3.55. The number of aliphatic hydroxyl groups is 1. The number of hydrogen-bond donors (Lipinski definition) is 2. The molecule has 1 aromatic carbocycles. The van der Waals surface area contributed by atoms with Gasteiger partial charge in [0, 0.05) is 27.1 Å². The minimum absolute atomic E-state index is 0.265. The molecule has 2 N–H and O–H groups in total. The number of aromatic nitrogens is 1. The molecule has 0 amide bonds. The van der Waals surface area contributed by atoms with Gasteiger partial charge in [-0.25, -0.2) is 0 Å². The van der Waals surface area contributed by atoms with Crippen LogP contribution in [-0.4, -0.2) is 22.5 Å². The van der Waals surface area contributed by atoms with Crippen molar-refractivity contribution in [1.29, 1.82) is 0 Å². The summed E-state index contributed by atoms with van der Waals surface area (Å²) in [6.07, 6.45) is 1.62. The maximum atomic E-state index is 11.3. The summed E-state index contributed by atoms with van der Waals surface area (Å²) >= 11 is 3.34. The van der Waals surface area contributed by atoms with Crippen LogP contribution in [0.25, 0.3) is 10.9 Å². The fourth-order valence-electron chi connectivity index (χ4n) is 1.41. The van der Waals surface area contributed by atoms with E-state index >= 15 is 0 Å². The first-order valence-corrected chi connectivity index (χ1v) is 4.92. The summed E-state index contributed by atoms with van der Waals surface area (Å²) in [4.78, 5) is 14.3. The first-order valence-electron chi connectivity index (χ1n) is 4.13. The lowest BCUT2D eigenvalue weighted by atomic mass is 10.1. The lowest BCUT2D eigenvalue weighted by Crippen LogP contribution is -2.02. The maximum absolute atomic E-state index is 11.3. The van der Waals surface area contributed by atoms with Crippen molar-refractivity contribution in [2.75, 3.05) is 6.61 Å². The van der Waals surface area contributed by atoms with Crippen LogP contribution in [0, 0.1) is 0 Å². The molecule has 0 radical (unpaired) electrons. The molecule has 1 aromatic heterocycles. The normalized spacial score (nSPS) is 10.7. The van der Waals surface area contributed by atoms with Gasteiger partial charge < -0.3 is 10.1 Å². The Hall–Kier alpha value is -1.13. The van der Waals surface area contributed by atoms with Gasteiger partial charge in [0.2, 0.25) is 0 Å². The number of ketones is 1. The molecule has 0 fully saturated rings. The third-order valence-corrected chi connectivity index (χ3v) is 2.58. The number of nitrogens with one attached hydrogen (secondary N) is 1. The van der Waals surface area contributed by atoms with E-state index in [1.165, 1.54) is 0 Å². The largest absolute Gasteiger partial charge is 0.388 e. The van der Waals surface area contributed by atoms with Gasteiger partial charge >= 0.3 is 0 Å². The number of benzene rings is 1. The average Bonchev–Trinajstić information content (AvgIpc) is 2.59. The van der Waals surface area contributed by atoms with Gasteiger partial charge in [-0.3, -0.25) is 4.79 Å². The molecule has 0 saturated carbocycles. The van der Waals surface area contributed by atoms with Crippen LogP contribution in [0.3, 0.4) is 0 Å². The number of fused-ring (bicyclic) bond motifs is 1. The summed E-state index contributed by atoms with van der Waals surface area (Å²) < 4.78 is 0.954. The van der Waals surface area contributed by atoms with E-state index in [0.29, 0.717) is 5.56 Å². The summed E-state index contributed by atoms with van der Waals surface area (Å²) in [6.45, 7) is -0.455. The summed E-state index contributed by atoms with van der Waals surface area (Å²) in [5.74, 6) is -0.265. The van der Waals surface area contributed by atoms with Crippen molar-refractivity contribution in [1.82, 2.24) is 4.98 Å². The minimum atomic E-state index is -0.455. The molecular formula is C10H8BrNO2. The quantitative estimate of drug-likeness (QED) is 0.806. The molecule has 0 spiro atoms. The Kier molecular flexibility index (Phi) is 2.39. The monoisotopic (exact) mass is 253 g/mol. The van der Waals surface area contributed by atoms with E-state index in [0.717, 1.165) is 15.4 Å². The molecule has 0 atom stereocenters. The molecule has 0 aliphatic heterocycles. The Morgan fingerprint density at radius 3 is 3.00 bits per heavy atom. The lowest BCUT2D eigenvalue weighted by Gasteiger charge is -1.95. The summed E-state index contributed by atoms with van der Waals surface area (Å²) in [5.41, 5.74) is 1.42. The number of H-pyrrole nitrogens is 1. The Bertz CT molecular complexity index is 490. The minimum Gasteiger partial charge on any atom is -0.388 e. The highest BCUT2D eigenvalue weighted by molar-refractivity contribution is 9.10. The molecule has 0 unspecified atom stereocenters. The van der Waals surface area contributed by atoms with E-state index in [9.17, 15) is 4.79 Å². The van der Waals surface area contributed by atoms with Crippen LogP contribution < -0.4 is 0 Å². The highest BCUT2D eigenvalue weighted by Gasteiger charge is 2.10. The van der Waals surface area contributed by atoms with E-state index in [2.05, 4.69) is 20.9 Å². The summed E-state index contributed by atoms with van der Waals surface area (Å²) in [6, 6.07) is 5.60. The molecule has 0 saturated heterocycles. The second-order valence-electron chi connectivity index (χ2n) is 2.97. The fraction of sp³-hybridized carbons (Fsp3) is 0.100. The van der Waals surface area contributed by atoms with Crippen molar-refractivity contribution < 1.29 is 9.90 Å². The Labute approximate surface area is 88.9 Å². The Morgan fingerprint density at radius 2 is 2.29 bits per heavy atom. The van der Waals surface area contributed by atoms with Crippen LogP contribution in [0.15, 0.2) is 28.9 Å². The van der Waals surface area contributed by atoms with Crippen molar-refractivity contribution >= 4 is 32.6 Å². The molecule has 1 heterocycles. The lowest BCUT2D eigenvalue weighted by molar-refractivity contribution is 0.0905. The van der Waals surface area contributed by atoms with Crippen molar-refractivity contribution in [3.63, 3.8) is 0 Å². The number of rotatable bonds is 2. The van der Waals surface area contributed by atoms with Gasteiger partial charge in [-0.2, -0.15) is 0 Å². The number of aliphatic hydroxyl groups excluding tert-OH is 1. The first-order chi connectivity index (χ1) is 6.72. The van der Waals surface area contributed by atoms with Gasteiger partial charge in [-0.15, -0.1) is 0 Å². The molecular weight excluding hydrogens is 246 g/mol. The molecule has 4 heteroatoms. The van der Waals surface area contributed by atoms with Gasteiger partial charge in [-0.1, -0.05) is 22.0 Å². The molecule has 14 heavy (non-hydrogen) atoms. The molecule has 3 nitrogen and oxygen atoms in total. The van der Waals surface area contributed by atoms with E-state index in [-0.39, 0.29) is 5.78 Å². The van der Waals surface area contributed by atoms with Gasteiger partial charge in [-0.05, 0) is 12.1 Å². The smallest absolute Gasteiger partial charge is 0.190 e. The third-order valence-electron chi connectivity index (χ3n) is 2.09. The van der Waals surface area contributed by atoms with E-state index in [1.807, 2.05) is 18.2 Å². The Morgan fingerprint density at radius 1 is 1.50 bits per heavy atom. The van der Waals surface area contributed by atoms with Gasteiger partial charge in [0.05, 0.1) is 0 Å². The SMILES string of the molecule is O=C(CO)c1c[nH]c2cc(Br)ccc12. The number of aromatic amines is 1. The summed E-state index contributed by atoms with van der Waals surface area (Å²) in [5, 5.41) is 9.59. The topological polar surface area (TPSA) is 53.1 Å².